The topological polar surface area (TPSA) is 92.7 Å². The molecule has 0 aromatic heterocycles. The zero-order valence-corrected chi connectivity index (χ0v) is 18.3. The van der Waals surface area contributed by atoms with E-state index in [9.17, 15) is 31.5 Å². The Morgan fingerprint density at radius 3 is 2.39 bits per heavy atom. The van der Waals surface area contributed by atoms with E-state index in [1.54, 1.807) is 6.07 Å². The number of benzene rings is 2. The Kier molecular flexibility index (Phi) is 5.69. The number of carbonyl (C=O) groups is 1. The van der Waals surface area contributed by atoms with Crippen molar-refractivity contribution < 1.29 is 36.2 Å². The Hall–Kier alpha value is -2.46. The van der Waals surface area contributed by atoms with Crippen LogP contribution in [0.2, 0.25) is 5.02 Å². The zero-order valence-electron chi connectivity index (χ0n) is 16.7. The van der Waals surface area contributed by atoms with Crippen LogP contribution in [0.15, 0.2) is 29.2 Å². The monoisotopic (exact) mass is 477 g/mol. The summed E-state index contributed by atoms with van der Waals surface area (Å²) < 4.78 is 66.9. The van der Waals surface area contributed by atoms with Crippen LogP contribution in [-0.2, 0) is 21.7 Å². The van der Waals surface area contributed by atoms with Crippen LogP contribution in [0.25, 0.3) is 0 Å². The van der Waals surface area contributed by atoms with Gasteiger partial charge in [0, 0.05) is 17.5 Å². The first kappa shape index (κ1) is 23.2. The number of amides is 1. The quantitative estimate of drug-likeness (QED) is 0.661. The van der Waals surface area contributed by atoms with Gasteiger partial charge in [0.15, 0.2) is 0 Å². The second kappa shape index (κ2) is 7.59. The molecule has 2 aromatic carbocycles. The predicted molar refractivity (Wildman–Crippen MR) is 109 cm³/mol. The third kappa shape index (κ3) is 4.18. The van der Waals surface area contributed by atoms with Crippen molar-refractivity contribution in [3.8, 4) is 11.5 Å². The molecule has 2 N–H and O–H groups in total. The summed E-state index contributed by atoms with van der Waals surface area (Å²) in [6, 6.07) is 3.95. The Morgan fingerprint density at radius 1 is 1.19 bits per heavy atom. The molecule has 0 unspecified atom stereocenters. The average molecular weight is 478 g/mol. The lowest BCUT2D eigenvalue weighted by Gasteiger charge is -2.23. The van der Waals surface area contributed by atoms with E-state index in [1.165, 1.54) is 0 Å². The van der Waals surface area contributed by atoms with Crippen molar-refractivity contribution in [1.82, 2.24) is 0 Å². The number of carbonyl (C=O) groups excluding carboxylic acids is 1. The molecule has 0 spiro atoms. The van der Waals surface area contributed by atoms with Crippen molar-refractivity contribution in [2.45, 2.75) is 43.0 Å². The summed E-state index contributed by atoms with van der Waals surface area (Å²) in [5, 5.41) is 12.8. The number of fused-ring (bicyclic) bond motifs is 1. The molecule has 0 atom stereocenters. The largest absolute Gasteiger partial charge is 0.507 e. The molecule has 0 aliphatic carbocycles. The molecule has 0 radical (unpaired) electrons. The molecule has 31 heavy (non-hydrogen) atoms. The fourth-order valence-electron chi connectivity index (χ4n) is 3.23. The van der Waals surface area contributed by atoms with Gasteiger partial charge in [-0.3, -0.25) is 4.79 Å². The lowest BCUT2D eigenvalue weighted by atomic mass is 9.83. The maximum Gasteiger partial charge on any atom is 0.501 e. The third-order valence-corrected chi connectivity index (χ3v) is 6.61. The van der Waals surface area contributed by atoms with Crippen LogP contribution in [0.4, 0.5) is 18.9 Å². The van der Waals surface area contributed by atoms with Gasteiger partial charge in [-0.05, 0) is 29.7 Å². The molecule has 6 nitrogen and oxygen atoms in total. The average Bonchev–Trinajstić information content (AvgIpc) is 3.08. The second-order valence-electron chi connectivity index (χ2n) is 8.02. The minimum absolute atomic E-state index is 0.0250. The Balaban J connectivity index is 2.01. The predicted octanol–water partition coefficient (Wildman–Crippen LogP) is 4.82. The molecule has 11 heteroatoms. The summed E-state index contributed by atoms with van der Waals surface area (Å²) in [6.45, 7) is 5.87. The molecule has 0 saturated heterocycles. The van der Waals surface area contributed by atoms with Crippen LogP contribution in [0.3, 0.4) is 0 Å². The van der Waals surface area contributed by atoms with Crippen LogP contribution in [0.5, 0.6) is 11.5 Å². The van der Waals surface area contributed by atoms with Gasteiger partial charge < -0.3 is 15.2 Å². The molecule has 3 rings (SSSR count). The second-order valence-corrected chi connectivity index (χ2v) is 10.4. The van der Waals surface area contributed by atoms with Crippen LogP contribution < -0.4 is 10.1 Å². The lowest BCUT2D eigenvalue weighted by Crippen LogP contribution is -2.23. The zero-order chi connectivity index (χ0) is 23.4. The van der Waals surface area contributed by atoms with E-state index in [4.69, 9.17) is 16.3 Å². The molecular formula is C20H19ClF3NO5S. The number of ether oxygens (including phenoxy) is 1. The summed E-state index contributed by atoms with van der Waals surface area (Å²) in [7, 11) is -5.59. The Bertz CT molecular complexity index is 1170. The highest BCUT2D eigenvalue weighted by atomic mass is 35.5. The first-order valence-corrected chi connectivity index (χ1v) is 10.9. The van der Waals surface area contributed by atoms with Crippen LogP contribution in [0, 0.1) is 0 Å². The summed E-state index contributed by atoms with van der Waals surface area (Å²) in [5.41, 5.74) is -5.15. The molecule has 0 bridgehead atoms. The number of hydrogen-bond donors (Lipinski definition) is 2. The number of halogens is 4. The number of sulfone groups is 1. The highest BCUT2D eigenvalue weighted by Gasteiger charge is 2.47. The molecule has 1 heterocycles. The van der Waals surface area contributed by atoms with E-state index < -0.39 is 36.6 Å². The minimum Gasteiger partial charge on any atom is -0.507 e. The Labute approximate surface area is 181 Å². The Morgan fingerprint density at radius 2 is 1.84 bits per heavy atom. The summed E-state index contributed by atoms with van der Waals surface area (Å²) >= 11 is 5.94. The maximum absolute atomic E-state index is 13.0. The van der Waals surface area contributed by atoms with Gasteiger partial charge in [-0.25, -0.2) is 8.42 Å². The van der Waals surface area contributed by atoms with Crippen molar-refractivity contribution >= 4 is 33.0 Å². The van der Waals surface area contributed by atoms with Crippen molar-refractivity contribution in [2.24, 2.45) is 0 Å². The molecule has 1 aliphatic heterocycles. The molecule has 0 fully saturated rings. The maximum atomic E-state index is 13.0. The van der Waals surface area contributed by atoms with E-state index in [-0.39, 0.29) is 17.0 Å². The summed E-state index contributed by atoms with van der Waals surface area (Å²) in [4.78, 5) is 11.9. The minimum atomic E-state index is -5.59. The molecule has 0 saturated carbocycles. The van der Waals surface area contributed by atoms with Gasteiger partial charge in [0.05, 0.1) is 27.8 Å². The van der Waals surface area contributed by atoms with E-state index in [2.05, 4.69) is 5.32 Å². The first-order chi connectivity index (χ1) is 14.1. The lowest BCUT2D eigenvalue weighted by molar-refractivity contribution is -0.0436. The third-order valence-electron chi connectivity index (χ3n) is 4.82. The van der Waals surface area contributed by atoms with Gasteiger partial charge in [-0.1, -0.05) is 32.4 Å². The van der Waals surface area contributed by atoms with E-state index >= 15 is 0 Å². The van der Waals surface area contributed by atoms with Crippen molar-refractivity contribution in [3.05, 3.63) is 46.0 Å². The van der Waals surface area contributed by atoms with Gasteiger partial charge in [0.2, 0.25) is 0 Å². The van der Waals surface area contributed by atoms with Gasteiger partial charge >= 0.3 is 5.51 Å². The van der Waals surface area contributed by atoms with Crippen LogP contribution in [-0.4, -0.2) is 31.5 Å². The first-order valence-electron chi connectivity index (χ1n) is 9.09. The van der Waals surface area contributed by atoms with Crippen LogP contribution >= 0.6 is 11.6 Å². The highest BCUT2D eigenvalue weighted by molar-refractivity contribution is 7.92. The number of hydrogen-bond acceptors (Lipinski definition) is 5. The molecular weight excluding hydrogens is 459 g/mol. The fourth-order valence-corrected chi connectivity index (χ4v) is 4.31. The van der Waals surface area contributed by atoms with Gasteiger partial charge in [0.1, 0.15) is 11.5 Å². The van der Waals surface area contributed by atoms with Gasteiger partial charge in [-0.2, -0.15) is 13.2 Å². The van der Waals surface area contributed by atoms with Gasteiger partial charge in [-0.15, -0.1) is 0 Å². The number of phenols is 1. The standard InChI is InChI=1S/C20H19ClF3NO5S/c1-19(2,3)12-9-15-11(6-7-30-15)16(17(12)26)18(27)25-14-5-4-10(8-13(14)21)31(28,29)20(22,23)24/h4-5,8-9,26H,6-7H2,1-3H3,(H,25,27). The number of aromatic hydroxyl groups is 1. The van der Waals surface area contributed by atoms with E-state index in [0.29, 0.717) is 42.0 Å². The van der Waals surface area contributed by atoms with E-state index in [1.807, 2.05) is 20.8 Å². The number of phenolic OH excluding ortho intramolecular Hbond substituents is 1. The number of rotatable bonds is 3. The van der Waals surface area contributed by atoms with Crippen molar-refractivity contribution in [3.63, 3.8) is 0 Å². The molecule has 1 amide bonds. The van der Waals surface area contributed by atoms with Crippen LogP contribution in [0.1, 0.15) is 42.3 Å². The number of anilines is 1. The summed E-state index contributed by atoms with van der Waals surface area (Å²) in [6.07, 6.45) is 0.382. The van der Waals surface area contributed by atoms with E-state index in [0.717, 1.165) is 6.07 Å². The SMILES string of the molecule is CC(C)(C)c1cc2c(c(C(=O)Nc3ccc(S(=O)(=O)C(F)(F)F)cc3Cl)c1O)CCO2. The molecule has 2 aromatic rings. The van der Waals surface area contributed by atoms with Gasteiger partial charge in [0.25, 0.3) is 15.7 Å². The normalized spacial score (nSPS) is 14.2. The highest BCUT2D eigenvalue weighted by Crippen LogP contribution is 2.42. The summed E-state index contributed by atoms with van der Waals surface area (Å²) in [5.74, 6) is -0.522. The molecule has 168 valence electrons. The van der Waals surface area contributed by atoms with Crippen molar-refractivity contribution in [1.29, 1.82) is 0 Å². The number of alkyl halides is 3. The molecule has 1 aliphatic rings. The van der Waals surface area contributed by atoms with Crippen molar-refractivity contribution in [2.75, 3.05) is 11.9 Å². The fraction of sp³-hybridized carbons (Fsp3) is 0.350. The smallest absolute Gasteiger partial charge is 0.501 e. The number of nitrogens with one attached hydrogen (secondary N) is 1.